The monoisotopic (exact) mass is 439 g/mol. The van der Waals surface area contributed by atoms with E-state index in [9.17, 15) is 4.79 Å². The predicted octanol–water partition coefficient (Wildman–Crippen LogP) is 3.99. The maximum absolute atomic E-state index is 15.1. The van der Waals surface area contributed by atoms with Crippen LogP contribution in [0.25, 0.3) is 0 Å². The van der Waals surface area contributed by atoms with Gasteiger partial charge in [0.1, 0.15) is 11.8 Å². The van der Waals surface area contributed by atoms with Crippen molar-refractivity contribution in [3.63, 3.8) is 0 Å². The third-order valence-electron chi connectivity index (χ3n) is 7.23. The quantitative estimate of drug-likeness (QED) is 0.340. The Morgan fingerprint density at radius 3 is 2.44 bits per heavy atom. The second kappa shape index (κ2) is 8.28. The van der Waals surface area contributed by atoms with E-state index in [1.165, 1.54) is 51.1 Å². The fraction of sp³-hybridized carbons (Fsp3) is 0.560. The molecule has 0 spiro atoms. The molecule has 4 aliphatic carbocycles. The molecule has 1 aromatic carbocycles. The highest BCUT2D eigenvalue weighted by Crippen LogP contribution is 2.57. The number of alkyl halides is 1. The fourth-order valence-corrected chi connectivity index (χ4v) is 6.43. The average Bonchev–Trinajstić information content (AvgIpc) is 2.74. The zero-order chi connectivity index (χ0) is 22.3. The summed E-state index contributed by atoms with van der Waals surface area (Å²) in [5.41, 5.74) is 2.27. The van der Waals surface area contributed by atoms with Crippen molar-refractivity contribution in [1.82, 2.24) is 9.98 Å². The maximum Gasteiger partial charge on any atom is 0.338 e. The molecule has 0 amide bonds. The summed E-state index contributed by atoms with van der Waals surface area (Å²) < 4.78 is 24.5. The molecule has 1 heterocycles. The molecule has 0 aromatic heterocycles. The van der Waals surface area contributed by atoms with Crippen molar-refractivity contribution in [2.45, 2.75) is 70.3 Å². The molecule has 6 nitrogen and oxygen atoms in total. The molecule has 170 valence electrons. The minimum Gasteiger partial charge on any atom is -0.459 e. The van der Waals surface area contributed by atoms with Crippen molar-refractivity contribution >= 4 is 29.9 Å². The molecular formula is C25H32FN4O2+. The zero-order valence-corrected chi connectivity index (χ0v) is 18.7. The summed E-state index contributed by atoms with van der Waals surface area (Å²) >= 11 is 0. The van der Waals surface area contributed by atoms with E-state index in [-0.39, 0.29) is 11.6 Å². The van der Waals surface area contributed by atoms with Crippen molar-refractivity contribution in [3.05, 3.63) is 35.5 Å². The number of hydrogen-bond donors (Lipinski definition) is 3. The lowest BCUT2D eigenvalue weighted by molar-refractivity contribution is 0.0107. The summed E-state index contributed by atoms with van der Waals surface area (Å²) in [5, 5.41) is 9.59. The first-order valence-electron chi connectivity index (χ1n) is 11.7. The van der Waals surface area contributed by atoms with E-state index in [0.717, 1.165) is 23.4 Å². The van der Waals surface area contributed by atoms with Gasteiger partial charge < -0.3 is 15.4 Å². The van der Waals surface area contributed by atoms with E-state index < -0.39 is 12.3 Å². The molecule has 0 radical (unpaired) electrons. The van der Waals surface area contributed by atoms with Crippen molar-refractivity contribution in [3.8, 4) is 0 Å². The lowest BCUT2D eigenvalue weighted by Gasteiger charge is -2.57. The van der Waals surface area contributed by atoms with Gasteiger partial charge in [0.2, 0.25) is 12.5 Å². The number of ether oxygens (including phenoxy) is 1. The first kappa shape index (κ1) is 21.1. The highest BCUT2D eigenvalue weighted by atomic mass is 19.1. The number of benzene rings is 1. The molecule has 4 fully saturated rings. The summed E-state index contributed by atoms with van der Waals surface area (Å²) in [4.78, 5) is 12.5. The Morgan fingerprint density at radius 2 is 1.84 bits per heavy atom. The molecule has 7 heteroatoms. The van der Waals surface area contributed by atoms with E-state index >= 15 is 4.39 Å². The number of hydrogen-bond acceptors (Lipinski definition) is 5. The maximum atomic E-state index is 15.1. The van der Waals surface area contributed by atoms with E-state index in [1.807, 2.05) is 19.9 Å². The molecule has 5 aliphatic rings. The van der Waals surface area contributed by atoms with Crippen LogP contribution in [0, 0.1) is 17.8 Å². The highest BCUT2D eigenvalue weighted by Gasteiger charge is 2.51. The SMILES string of the molecule is CC(C)OC(=O)c1ccc(NC23CC4CC(CC(C4)C2)C3)c(NC(F)C2=CNC=[N+]=C2)c1. The Balaban J connectivity index is 1.43. The topological polar surface area (TPSA) is 76.5 Å². The Bertz CT molecular complexity index is 960. The van der Waals surface area contributed by atoms with Crippen LogP contribution in [0.15, 0.2) is 30.0 Å². The average molecular weight is 440 g/mol. The van der Waals surface area contributed by atoms with Crippen LogP contribution < -0.4 is 20.6 Å². The third-order valence-corrected chi connectivity index (χ3v) is 7.23. The lowest BCUT2D eigenvalue weighted by atomic mass is 9.53. The number of nitrogens with one attached hydrogen (secondary N) is 3. The van der Waals surface area contributed by atoms with Crippen molar-refractivity contribution in [2.24, 2.45) is 17.8 Å². The van der Waals surface area contributed by atoms with Gasteiger partial charge in [0.05, 0.1) is 23.0 Å². The standard InChI is InChI=1S/C25H31FN4O2/c1-15(2)32-24(31)19-3-4-21(22(8-19)29-23(26)20-12-27-14-28-13-20)30-25-9-16-5-17(10-25)7-18(6-16)11-25/h3-4,8,12-18,23,29H,5-7,9-11H2,1-2H3,(H,30,31)/p+1. The molecule has 4 saturated carbocycles. The van der Waals surface area contributed by atoms with Gasteiger partial charge in [0.25, 0.3) is 0 Å². The van der Waals surface area contributed by atoms with Gasteiger partial charge in [-0.15, -0.1) is 0 Å². The van der Waals surface area contributed by atoms with Gasteiger partial charge in [0.15, 0.2) is 0 Å². The van der Waals surface area contributed by atoms with Crippen LogP contribution in [0.2, 0.25) is 0 Å². The summed E-state index contributed by atoms with van der Waals surface area (Å²) in [7, 11) is 0. The van der Waals surface area contributed by atoms with Crippen LogP contribution >= 0.6 is 0 Å². The molecule has 1 unspecified atom stereocenters. The molecule has 1 atom stereocenters. The summed E-state index contributed by atoms with van der Waals surface area (Å²) in [6, 6.07) is 5.35. The molecule has 6 rings (SSSR count). The highest BCUT2D eigenvalue weighted by molar-refractivity contribution is 5.93. The van der Waals surface area contributed by atoms with Gasteiger partial charge in [-0.05, 0) is 88.3 Å². The minimum atomic E-state index is -1.46. The number of carbonyl (C=O) groups excluding carboxylic acids is 1. The van der Waals surface area contributed by atoms with Gasteiger partial charge in [-0.3, -0.25) is 0 Å². The van der Waals surface area contributed by atoms with E-state index in [2.05, 4.69) is 20.6 Å². The Morgan fingerprint density at radius 1 is 1.16 bits per heavy atom. The molecular weight excluding hydrogens is 407 g/mol. The van der Waals surface area contributed by atoms with Gasteiger partial charge in [-0.2, -0.15) is 0 Å². The van der Waals surface area contributed by atoms with Crippen LogP contribution in [0.3, 0.4) is 0 Å². The Hall–Kier alpha value is -2.79. The summed E-state index contributed by atoms with van der Waals surface area (Å²) in [6.07, 6.45) is 10.5. The molecule has 1 aromatic rings. The Kier molecular flexibility index (Phi) is 5.46. The number of esters is 1. The van der Waals surface area contributed by atoms with Crippen LogP contribution in [0.5, 0.6) is 0 Å². The zero-order valence-electron chi connectivity index (χ0n) is 18.7. The number of rotatable bonds is 7. The van der Waals surface area contributed by atoms with Crippen molar-refractivity contribution < 1.29 is 13.9 Å². The summed E-state index contributed by atoms with van der Waals surface area (Å²) in [6.45, 7) is 3.63. The van der Waals surface area contributed by atoms with Gasteiger partial charge in [0, 0.05) is 5.54 Å². The van der Waals surface area contributed by atoms with Crippen molar-refractivity contribution in [1.29, 1.82) is 0 Å². The van der Waals surface area contributed by atoms with E-state index in [1.54, 1.807) is 18.3 Å². The van der Waals surface area contributed by atoms with Gasteiger partial charge in [-0.1, -0.05) is 0 Å². The number of nitrogens with zero attached hydrogens (tertiary/aromatic N) is 1. The number of carbonyl (C=O) groups is 1. The third kappa shape index (κ3) is 4.26. The smallest absolute Gasteiger partial charge is 0.338 e. The van der Waals surface area contributed by atoms with Crippen LogP contribution in [0.4, 0.5) is 15.8 Å². The van der Waals surface area contributed by atoms with E-state index in [0.29, 0.717) is 16.8 Å². The molecule has 3 N–H and O–H groups in total. The Labute approximate surface area is 188 Å². The lowest BCUT2D eigenvalue weighted by Crippen LogP contribution is -2.54. The van der Waals surface area contributed by atoms with Crippen LogP contribution in [-0.4, -0.2) is 36.5 Å². The normalized spacial score (nSPS) is 30.6. The first-order chi connectivity index (χ1) is 15.4. The fourth-order valence-electron chi connectivity index (χ4n) is 6.43. The predicted molar refractivity (Wildman–Crippen MR) is 126 cm³/mol. The molecule has 4 bridgehead atoms. The minimum absolute atomic E-state index is 0.0685. The number of anilines is 2. The van der Waals surface area contributed by atoms with Gasteiger partial charge >= 0.3 is 12.3 Å². The largest absolute Gasteiger partial charge is 0.459 e. The first-order valence-corrected chi connectivity index (χ1v) is 11.7. The van der Waals surface area contributed by atoms with Crippen LogP contribution in [-0.2, 0) is 4.74 Å². The second-order valence-electron chi connectivity index (χ2n) is 10.3. The number of halogens is 1. The van der Waals surface area contributed by atoms with Gasteiger partial charge in [-0.25, -0.2) is 19.2 Å². The second-order valence-corrected chi connectivity index (χ2v) is 10.3. The molecule has 0 saturated heterocycles. The summed E-state index contributed by atoms with van der Waals surface area (Å²) in [5.74, 6) is 1.98. The molecule has 32 heavy (non-hydrogen) atoms. The van der Waals surface area contributed by atoms with E-state index in [4.69, 9.17) is 4.74 Å². The van der Waals surface area contributed by atoms with Crippen LogP contribution in [0.1, 0.15) is 62.7 Å². The molecule has 1 aliphatic heterocycles. The van der Waals surface area contributed by atoms with Crippen molar-refractivity contribution in [2.75, 3.05) is 10.6 Å².